The quantitative estimate of drug-likeness (QED) is 0.252. The van der Waals surface area contributed by atoms with Gasteiger partial charge in [0.25, 0.3) is 11.8 Å². The summed E-state index contributed by atoms with van der Waals surface area (Å²) < 4.78 is 5.30. The van der Waals surface area contributed by atoms with Crippen LogP contribution in [0, 0.1) is 0 Å². The summed E-state index contributed by atoms with van der Waals surface area (Å²) >= 11 is 1.47. The summed E-state index contributed by atoms with van der Waals surface area (Å²) in [6.07, 6.45) is -1.85. The molecule has 10 nitrogen and oxygen atoms in total. The zero-order valence-electron chi connectivity index (χ0n) is 20.0. The van der Waals surface area contributed by atoms with Crippen molar-refractivity contribution in [2.75, 3.05) is 13.4 Å². The Morgan fingerprint density at radius 1 is 1.17 bits per heavy atom. The van der Waals surface area contributed by atoms with E-state index in [2.05, 4.69) is 10.6 Å². The fourth-order valence-electron chi connectivity index (χ4n) is 4.22. The van der Waals surface area contributed by atoms with Gasteiger partial charge in [-0.25, -0.2) is 0 Å². The van der Waals surface area contributed by atoms with Crippen molar-refractivity contribution in [2.45, 2.75) is 54.1 Å². The molecule has 0 heterocycles. The Labute approximate surface area is 213 Å². The summed E-state index contributed by atoms with van der Waals surface area (Å²) in [7, 11) is 1.42. The zero-order valence-corrected chi connectivity index (χ0v) is 20.8. The minimum atomic E-state index is -2.17. The number of thioether (sulfide) groups is 1. The summed E-state index contributed by atoms with van der Waals surface area (Å²) in [6.45, 7) is 0. The van der Waals surface area contributed by atoms with E-state index in [0.29, 0.717) is 5.75 Å². The standard InChI is InChI=1S/C25H31N3O7S/c1-35-20-11-15(36-2)8-9-16(20)23(32)27-18-12-25(34,13-19(29)21(18)30)24(33)28-17(22(26)31)10-14-6-4-3-5-7-14/h3-9,11,17-19,21,29-30,34H,10,12-13H2,1-2H3,(H2,26,31)(H,27,32)(H,28,33)/t17-,18-,19-,21-,25+/m1/s1. The highest BCUT2D eigenvalue weighted by Crippen LogP contribution is 2.31. The van der Waals surface area contributed by atoms with Gasteiger partial charge in [0.2, 0.25) is 5.91 Å². The molecule has 1 aliphatic carbocycles. The molecule has 3 rings (SSSR count). The topological polar surface area (TPSA) is 171 Å². The molecule has 194 valence electrons. The summed E-state index contributed by atoms with van der Waals surface area (Å²) in [6, 6.07) is 11.6. The van der Waals surface area contributed by atoms with E-state index in [4.69, 9.17) is 10.5 Å². The first-order chi connectivity index (χ1) is 17.1. The van der Waals surface area contributed by atoms with E-state index in [0.717, 1.165) is 10.5 Å². The van der Waals surface area contributed by atoms with Crippen LogP contribution in [-0.4, -0.2) is 76.3 Å². The second kappa shape index (κ2) is 11.7. The fourth-order valence-corrected chi connectivity index (χ4v) is 4.65. The summed E-state index contributed by atoms with van der Waals surface area (Å²) in [4.78, 5) is 38.9. The zero-order chi connectivity index (χ0) is 26.5. The molecule has 2 aromatic rings. The third kappa shape index (κ3) is 6.35. The monoisotopic (exact) mass is 517 g/mol. The molecule has 36 heavy (non-hydrogen) atoms. The second-order valence-corrected chi connectivity index (χ2v) is 9.64. The number of carbonyl (C=O) groups excluding carboxylic acids is 3. The normalized spacial score (nSPS) is 24.4. The lowest BCUT2D eigenvalue weighted by atomic mass is 9.77. The van der Waals surface area contributed by atoms with Crippen molar-refractivity contribution in [3.05, 3.63) is 59.7 Å². The molecule has 0 unspecified atom stereocenters. The largest absolute Gasteiger partial charge is 0.496 e. The number of primary amides is 1. The van der Waals surface area contributed by atoms with Gasteiger partial charge in [0.05, 0.1) is 24.8 Å². The van der Waals surface area contributed by atoms with Gasteiger partial charge in [0.1, 0.15) is 23.5 Å². The van der Waals surface area contributed by atoms with E-state index in [1.165, 1.54) is 18.9 Å². The molecule has 0 bridgehead atoms. The lowest BCUT2D eigenvalue weighted by Gasteiger charge is -2.41. The number of hydrogen-bond donors (Lipinski definition) is 6. The van der Waals surface area contributed by atoms with Crippen molar-refractivity contribution < 1.29 is 34.4 Å². The Morgan fingerprint density at radius 3 is 2.47 bits per heavy atom. The molecule has 0 aromatic heterocycles. The van der Waals surface area contributed by atoms with Crippen molar-refractivity contribution in [2.24, 2.45) is 5.73 Å². The van der Waals surface area contributed by atoms with Gasteiger partial charge in [-0.15, -0.1) is 11.8 Å². The number of aliphatic hydroxyl groups excluding tert-OH is 2. The maximum atomic E-state index is 13.1. The molecule has 1 saturated carbocycles. The first-order valence-electron chi connectivity index (χ1n) is 11.3. The van der Waals surface area contributed by atoms with E-state index in [1.807, 2.05) is 6.26 Å². The van der Waals surface area contributed by atoms with Crippen LogP contribution in [0.4, 0.5) is 0 Å². The van der Waals surface area contributed by atoms with E-state index >= 15 is 0 Å². The van der Waals surface area contributed by atoms with Crippen molar-refractivity contribution in [1.29, 1.82) is 0 Å². The number of carbonyl (C=O) groups is 3. The van der Waals surface area contributed by atoms with Gasteiger partial charge < -0.3 is 36.4 Å². The van der Waals surface area contributed by atoms with Crippen LogP contribution < -0.4 is 21.1 Å². The van der Waals surface area contributed by atoms with Crippen LogP contribution in [0.1, 0.15) is 28.8 Å². The van der Waals surface area contributed by atoms with Crippen LogP contribution in [0.15, 0.2) is 53.4 Å². The molecule has 1 fully saturated rings. The fraction of sp³-hybridized carbons (Fsp3) is 0.400. The predicted molar refractivity (Wildman–Crippen MR) is 133 cm³/mol. The maximum absolute atomic E-state index is 13.1. The van der Waals surface area contributed by atoms with Crippen molar-refractivity contribution in [1.82, 2.24) is 10.6 Å². The van der Waals surface area contributed by atoms with Gasteiger partial charge in [-0.2, -0.15) is 0 Å². The van der Waals surface area contributed by atoms with Gasteiger partial charge in [0.15, 0.2) is 0 Å². The highest BCUT2D eigenvalue weighted by atomic mass is 32.2. The highest BCUT2D eigenvalue weighted by molar-refractivity contribution is 7.98. The van der Waals surface area contributed by atoms with E-state index in [-0.39, 0.29) is 12.0 Å². The number of methoxy groups -OCH3 is 1. The van der Waals surface area contributed by atoms with Gasteiger partial charge >= 0.3 is 0 Å². The van der Waals surface area contributed by atoms with Crippen LogP contribution in [0.2, 0.25) is 0 Å². The van der Waals surface area contributed by atoms with Gasteiger partial charge in [-0.05, 0) is 30.0 Å². The molecule has 11 heteroatoms. The van der Waals surface area contributed by atoms with E-state index < -0.39 is 60.5 Å². The van der Waals surface area contributed by atoms with E-state index in [9.17, 15) is 29.7 Å². The van der Waals surface area contributed by atoms with E-state index in [1.54, 1.807) is 48.5 Å². The Bertz CT molecular complexity index is 1100. The number of hydrogen-bond acceptors (Lipinski definition) is 8. The molecular weight excluding hydrogens is 486 g/mol. The van der Waals surface area contributed by atoms with Crippen molar-refractivity contribution >= 4 is 29.5 Å². The lowest BCUT2D eigenvalue weighted by molar-refractivity contribution is -0.159. The average molecular weight is 518 g/mol. The minimum Gasteiger partial charge on any atom is -0.496 e. The Kier molecular flexibility index (Phi) is 8.96. The smallest absolute Gasteiger partial charge is 0.255 e. The predicted octanol–water partition coefficient (Wildman–Crippen LogP) is -0.0250. The molecule has 7 N–H and O–H groups in total. The average Bonchev–Trinajstić information content (AvgIpc) is 2.86. The SMILES string of the molecule is COc1cc(SC)ccc1C(=O)N[C@@H]1C[C@@](O)(C(=O)N[C@H](Cc2ccccc2)C(N)=O)C[C@@H](O)[C@@H]1O. The highest BCUT2D eigenvalue weighted by Gasteiger charge is 2.49. The maximum Gasteiger partial charge on any atom is 0.255 e. The number of aliphatic hydroxyl groups is 3. The first kappa shape index (κ1) is 27.5. The second-order valence-electron chi connectivity index (χ2n) is 8.76. The Balaban J connectivity index is 1.76. The molecule has 3 amide bonds. The molecule has 0 radical (unpaired) electrons. The van der Waals surface area contributed by atoms with Crippen LogP contribution in [0.3, 0.4) is 0 Å². The van der Waals surface area contributed by atoms with Crippen LogP contribution >= 0.6 is 11.8 Å². The van der Waals surface area contributed by atoms with Crippen LogP contribution in [0.25, 0.3) is 0 Å². The molecule has 0 spiro atoms. The third-order valence-electron chi connectivity index (χ3n) is 6.23. The summed E-state index contributed by atoms with van der Waals surface area (Å²) in [5, 5.41) is 37.1. The number of nitrogens with one attached hydrogen (secondary N) is 2. The number of nitrogens with two attached hydrogens (primary N) is 1. The number of benzene rings is 2. The first-order valence-corrected chi connectivity index (χ1v) is 12.6. The molecule has 1 aliphatic rings. The lowest BCUT2D eigenvalue weighted by Crippen LogP contribution is -2.64. The Morgan fingerprint density at radius 2 is 1.86 bits per heavy atom. The molecule has 5 atom stereocenters. The molecule has 0 aliphatic heterocycles. The van der Waals surface area contributed by atoms with Gasteiger partial charge in [-0.1, -0.05) is 30.3 Å². The van der Waals surface area contributed by atoms with Crippen molar-refractivity contribution in [3.63, 3.8) is 0 Å². The number of amides is 3. The van der Waals surface area contributed by atoms with Gasteiger partial charge in [0, 0.05) is 24.2 Å². The molecule has 0 saturated heterocycles. The molecular formula is C25H31N3O7S. The van der Waals surface area contributed by atoms with Crippen LogP contribution in [-0.2, 0) is 16.0 Å². The molecule has 2 aromatic carbocycles. The van der Waals surface area contributed by atoms with Crippen molar-refractivity contribution in [3.8, 4) is 5.75 Å². The number of rotatable bonds is 9. The van der Waals surface area contributed by atoms with Crippen LogP contribution in [0.5, 0.6) is 5.75 Å². The van der Waals surface area contributed by atoms with Gasteiger partial charge in [-0.3, -0.25) is 14.4 Å². The minimum absolute atomic E-state index is 0.106. The summed E-state index contributed by atoms with van der Waals surface area (Å²) in [5.41, 5.74) is 4.23. The Hall–Kier alpha value is -3.12. The summed E-state index contributed by atoms with van der Waals surface area (Å²) in [5.74, 6) is -2.03. The number of ether oxygens (including phenoxy) is 1. The third-order valence-corrected chi connectivity index (χ3v) is 6.96.